The summed E-state index contributed by atoms with van der Waals surface area (Å²) < 4.78 is 0. The van der Waals surface area contributed by atoms with Crippen LogP contribution >= 0.6 is 11.3 Å². The van der Waals surface area contributed by atoms with Crippen molar-refractivity contribution in [2.24, 2.45) is 0 Å². The van der Waals surface area contributed by atoms with Gasteiger partial charge in [0, 0.05) is 25.2 Å². The zero-order valence-corrected chi connectivity index (χ0v) is 12.6. The molecule has 0 saturated carbocycles. The molecule has 19 heavy (non-hydrogen) atoms. The number of fused-ring (bicyclic) bond motifs is 1. The minimum atomic E-state index is 0.124. The maximum atomic E-state index is 9.42. The molecule has 0 amide bonds. The van der Waals surface area contributed by atoms with Crippen LogP contribution in [0.3, 0.4) is 0 Å². The number of aliphatic hydroxyl groups is 1. The summed E-state index contributed by atoms with van der Waals surface area (Å²) in [7, 11) is 0. The Morgan fingerprint density at radius 3 is 2.95 bits per heavy atom. The molecule has 1 aromatic heterocycles. The summed E-state index contributed by atoms with van der Waals surface area (Å²) >= 11 is 1.67. The molecular weight excluding hydrogens is 258 g/mol. The fourth-order valence-corrected chi connectivity index (χ4v) is 4.47. The minimum Gasteiger partial charge on any atom is -0.391 e. The van der Waals surface area contributed by atoms with Crippen molar-refractivity contribution in [1.29, 1.82) is 0 Å². The van der Waals surface area contributed by atoms with Gasteiger partial charge in [-0.25, -0.2) is 4.98 Å². The highest BCUT2D eigenvalue weighted by Gasteiger charge is 2.35. The molecule has 2 fully saturated rings. The Hall–Kier alpha value is -0.650. The van der Waals surface area contributed by atoms with E-state index in [1.54, 1.807) is 11.3 Å². The number of rotatable bonds is 3. The van der Waals surface area contributed by atoms with E-state index >= 15 is 0 Å². The number of nitrogens with zero attached hydrogens (tertiary/aromatic N) is 3. The first-order valence-electron chi connectivity index (χ1n) is 7.33. The third-order valence-electron chi connectivity index (χ3n) is 4.43. The van der Waals surface area contributed by atoms with Gasteiger partial charge in [-0.15, -0.1) is 0 Å². The highest BCUT2D eigenvalue weighted by molar-refractivity contribution is 7.15. The molecule has 106 valence electrons. The Morgan fingerprint density at radius 2 is 2.26 bits per heavy atom. The van der Waals surface area contributed by atoms with Gasteiger partial charge in [0.05, 0.1) is 17.2 Å². The lowest BCUT2D eigenvalue weighted by Crippen LogP contribution is -2.55. The molecule has 3 rings (SSSR count). The molecule has 5 heteroatoms. The second-order valence-electron chi connectivity index (χ2n) is 5.67. The molecule has 2 atom stereocenters. The van der Waals surface area contributed by atoms with Crippen molar-refractivity contribution in [1.82, 2.24) is 9.88 Å². The summed E-state index contributed by atoms with van der Waals surface area (Å²) in [6, 6.07) is 1.24. The van der Waals surface area contributed by atoms with Crippen LogP contribution in [0.1, 0.15) is 37.3 Å². The van der Waals surface area contributed by atoms with E-state index in [0.717, 1.165) is 35.2 Å². The number of thiazole rings is 1. The van der Waals surface area contributed by atoms with Crippen LogP contribution in [-0.4, -0.2) is 46.7 Å². The Balaban J connectivity index is 1.82. The Bertz CT molecular complexity index is 426. The van der Waals surface area contributed by atoms with Crippen LogP contribution in [-0.2, 0) is 13.0 Å². The number of hydrogen-bond acceptors (Lipinski definition) is 5. The molecule has 1 N–H and O–H groups in total. The topological polar surface area (TPSA) is 39.6 Å². The van der Waals surface area contributed by atoms with Gasteiger partial charge >= 0.3 is 0 Å². The molecule has 4 nitrogen and oxygen atoms in total. The second kappa shape index (κ2) is 5.38. The number of anilines is 1. The molecule has 1 aromatic rings. The fraction of sp³-hybridized carbons (Fsp3) is 0.786. The van der Waals surface area contributed by atoms with Crippen molar-refractivity contribution < 1.29 is 5.11 Å². The van der Waals surface area contributed by atoms with E-state index in [-0.39, 0.29) is 6.61 Å². The van der Waals surface area contributed by atoms with Crippen molar-refractivity contribution in [2.75, 3.05) is 24.5 Å². The standard InChI is InChI=1S/C14H23N3OS/c1-3-12-13(9-18)19-14(15-12)17-8-11-5-4-6-16(11)7-10(17)2/h10-11,18H,3-9H2,1-2H3. The minimum absolute atomic E-state index is 0.124. The second-order valence-corrected chi connectivity index (χ2v) is 6.73. The van der Waals surface area contributed by atoms with Gasteiger partial charge in [-0.05, 0) is 32.7 Å². The van der Waals surface area contributed by atoms with Crippen LogP contribution in [0.5, 0.6) is 0 Å². The highest BCUT2D eigenvalue weighted by atomic mass is 32.1. The molecule has 2 aliphatic rings. The van der Waals surface area contributed by atoms with E-state index in [4.69, 9.17) is 4.98 Å². The van der Waals surface area contributed by atoms with Gasteiger partial charge in [0.25, 0.3) is 0 Å². The van der Waals surface area contributed by atoms with Gasteiger partial charge in [-0.2, -0.15) is 0 Å². The Morgan fingerprint density at radius 1 is 1.42 bits per heavy atom. The molecule has 2 saturated heterocycles. The molecule has 0 radical (unpaired) electrons. The number of aliphatic hydroxyl groups excluding tert-OH is 1. The van der Waals surface area contributed by atoms with Gasteiger partial charge < -0.3 is 10.0 Å². The summed E-state index contributed by atoms with van der Waals surface area (Å²) in [5, 5.41) is 10.5. The van der Waals surface area contributed by atoms with Crippen LogP contribution in [0.2, 0.25) is 0 Å². The number of piperazine rings is 1. The number of aryl methyl sites for hydroxylation is 1. The van der Waals surface area contributed by atoms with Crippen LogP contribution in [0, 0.1) is 0 Å². The molecule has 0 aliphatic carbocycles. The van der Waals surface area contributed by atoms with Crippen molar-refractivity contribution >= 4 is 16.5 Å². The quantitative estimate of drug-likeness (QED) is 0.918. The Kier molecular flexibility index (Phi) is 3.78. The first kappa shape index (κ1) is 13.3. The van der Waals surface area contributed by atoms with Crippen LogP contribution < -0.4 is 4.90 Å². The van der Waals surface area contributed by atoms with Gasteiger partial charge in [-0.3, -0.25) is 4.90 Å². The van der Waals surface area contributed by atoms with Gasteiger partial charge in [-0.1, -0.05) is 18.3 Å². The molecule has 0 spiro atoms. The summed E-state index contributed by atoms with van der Waals surface area (Å²) in [6.07, 6.45) is 3.57. The fourth-order valence-electron chi connectivity index (χ4n) is 3.35. The lowest BCUT2D eigenvalue weighted by molar-refractivity contribution is 0.203. The zero-order chi connectivity index (χ0) is 13.4. The lowest BCUT2D eigenvalue weighted by atomic mass is 10.1. The summed E-state index contributed by atoms with van der Waals surface area (Å²) in [6.45, 7) is 8.04. The van der Waals surface area contributed by atoms with Gasteiger partial charge in [0.15, 0.2) is 5.13 Å². The molecule has 0 aromatic carbocycles. The summed E-state index contributed by atoms with van der Waals surface area (Å²) in [5.41, 5.74) is 1.07. The predicted molar refractivity (Wildman–Crippen MR) is 78.8 cm³/mol. The average Bonchev–Trinajstić information content (AvgIpc) is 3.02. The number of aromatic nitrogens is 1. The van der Waals surface area contributed by atoms with Gasteiger partial charge in [0.1, 0.15) is 0 Å². The first-order valence-corrected chi connectivity index (χ1v) is 8.14. The van der Waals surface area contributed by atoms with E-state index in [2.05, 4.69) is 23.6 Å². The van der Waals surface area contributed by atoms with E-state index in [9.17, 15) is 5.11 Å². The monoisotopic (exact) mass is 281 g/mol. The molecule has 3 heterocycles. The largest absolute Gasteiger partial charge is 0.391 e. The third kappa shape index (κ3) is 2.39. The van der Waals surface area contributed by atoms with E-state index in [1.807, 2.05) is 0 Å². The van der Waals surface area contributed by atoms with E-state index in [0.29, 0.717) is 12.1 Å². The molecule has 2 unspecified atom stereocenters. The maximum Gasteiger partial charge on any atom is 0.186 e. The average molecular weight is 281 g/mol. The van der Waals surface area contributed by atoms with Gasteiger partial charge in [0.2, 0.25) is 0 Å². The maximum absolute atomic E-state index is 9.42. The smallest absolute Gasteiger partial charge is 0.186 e. The molecule has 2 aliphatic heterocycles. The summed E-state index contributed by atoms with van der Waals surface area (Å²) in [4.78, 5) is 10.9. The van der Waals surface area contributed by atoms with Crippen molar-refractivity contribution in [3.63, 3.8) is 0 Å². The van der Waals surface area contributed by atoms with Crippen LogP contribution in [0.4, 0.5) is 5.13 Å². The highest BCUT2D eigenvalue weighted by Crippen LogP contribution is 2.33. The van der Waals surface area contributed by atoms with E-state index < -0.39 is 0 Å². The van der Waals surface area contributed by atoms with Crippen LogP contribution in [0.15, 0.2) is 0 Å². The lowest BCUT2D eigenvalue weighted by Gasteiger charge is -2.42. The normalized spacial score (nSPS) is 27.8. The van der Waals surface area contributed by atoms with Crippen molar-refractivity contribution in [2.45, 2.75) is 51.8 Å². The number of hydrogen-bond donors (Lipinski definition) is 1. The Labute approximate surface area is 119 Å². The van der Waals surface area contributed by atoms with Crippen molar-refractivity contribution in [3.05, 3.63) is 10.6 Å². The third-order valence-corrected chi connectivity index (χ3v) is 5.55. The summed E-state index contributed by atoms with van der Waals surface area (Å²) in [5.74, 6) is 0. The SMILES string of the molecule is CCc1nc(N2CC3CCCN3CC2C)sc1CO. The molecule has 0 bridgehead atoms. The van der Waals surface area contributed by atoms with Crippen molar-refractivity contribution in [3.8, 4) is 0 Å². The zero-order valence-electron chi connectivity index (χ0n) is 11.8. The first-order chi connectivity index (χ1) is 9.22. The van der Waals surface area contributed by atoms with E-state index in [1.165, 1.54) is 19.4 Å². The molecular formula is C14H23N3OS. The predicted octanol–water partition coefficient (Wildman–Crippen LogP) is 1.87. The van der Waals surface area contributed by atoms with Crippen LogP contribution in [0.25, 0.3) is 0 Å².